The Morgan fingerprint density at radius 2 is 0.667 bits per heavy atom. The summed E-state index contributed by atoms with van der Waals surface area (Å²) in [6.45, 7) is 0. The van der Waals surface area contributed by atoms with Gasteiger partial charge in [0.25, 0.3) is 0 Å². The molecule has 0 bridgehead atoms. The van der Waals surface area contributed by atoms with Crippen molar-refractivity contribution in [1.82, 2.24) is 0 Å². The maximum Gasteiger partial charge on any atom is 2.00 e. The van der Waals surface area contributed by atoms with E-state index in [2.05, 4.69) is 0 Å². The predicted octanol–water partition coefficient (Wildman–Crippen LogP) is -6.89. The number of hydrogen-bond donors (Lipinski definition) is 0. The predicted molar refractivity (Wildman–Crippen MR) is 14.4 cm³/mol. The van der Waals surface area contributed by atoms with Gasteiger partial charge in [-0.05, 0) is 0 Å². The Hall–Kier alpha value is 1.25. The molecule has 0 amide bonds. The Morgan fingerprint density at radius 3 is 0.667 bits per heavy atom. The molecule has 0 radical (unpaired) electrons. The fourth-order valence-corrected chi connectivity index (χ4v) is 0. The second-order valence-corrected chi connectivity index (χ2v) is 0. The van der Waals surface area contributed by atoms with Crippen LogP contribution in [0.15, 0.2) is 0 Å². The SMILES string of the molecule is F.F.O.[Ba+2].[F-].[F-]. The van der Waals surface area contributed by atoms with E-state index >= 15 is 0 Å². The van der Waals surface area contributed by atoms with Gasteiger partial charge in [0.2, 0.25) is 0 Å². The van der Waals surface area contributed by atoms with E-state index in [0.29, 0.717) is 0 Å². The van der Waals surface area contributed by atoms with Crippen LogP contribution in [0.3, 0.4) is 0 Å². The molecule has 0 aliphatic heterocycles. The van der Waals surface area contributed by atoms with Crippen molar-refractivity contribution in [2.45, 2.75) is 0 Å². The van der Waals surface area contributed by atoms with E-state index in [-0.39, 0.29) is 73.2 Å². The third-order valence-corrected chi connectivity index (χ3v) is 0. The molecule has 0 aliphatic rings. The fraction of sp³-hybridized carbons (Fsp3) is 0. The van der Waals surface area contributed by atoms with Gasteiger partial charge >= 0.3 is 48.9 Å². The van der Waals surface area contributed by atoms with Crippen molar-refractivity contribution < 1.29 is 24.3 Å². The molecule has 0 heterocycles. The van der Waals surface area contributed by atoms with Crippen LogP contribution in [0.4, 0.5) is 9.41 Å². The van der Waals surface area contributed by atoms with Crippen LogP contribution >= 0.6 is 0 Å². The summed E-state index contributed by atoms with van der Waals surface area (Å²) in [6, 6.07) is 0. The molecule has 2 N–H and O–H groups in total. The second kappa shape index (κ2) is 110. The first kappa shape index (κ1) is 181. The van der Waals surface area contributed by atoms with E-state index in [1.165, 1.54) is 0 Å². The average molecular weight is 233 g/mol. The second-order valence-electron chi connectivity index (χ2n) is 0. The molecular formula is H4BaF4O. The van der Waals surface area contributed by atoms with Gasteiger partial charge in [-0.15, -0.1) is 0 Å². The van der Waals surface area contributed by atoms with Crippen molar-refractivity contribution in [3.05, 3.63) is 0 Å². The number of hydrogen-bond acceptors (Lipinski definition) is 0. The Morgan fingerprint density at radius 1 is 0.667 bits per heavy atom. The molecule has 0 aromatic carbocycles. The molecule has 6 heteroatoms. The van der Waals surface area contributed by atoms with Crippen LogP contribution in [-0.2, 0) is 0 Å². The van der Waals surface area contributed by atoms with Crippen molar-refractivity contribution in [1.29, 1.82) is 0 Å². The minimum absolute atomic E-state index is 0. The first-order chi connectivity index (χ1) is 0. The van der Waals surface area contributed by atoms with Crippen LogP contribution in [0.5, 0.6) is 0 Å². The van der Waals surface area contributed by atoms with Gasteiger partial charge in [-0.3, -0.25) is 9.41 Å². The molecule has 0 rings (SSSR count). The molecular weight excluding hydrogens is 229 g/mol. The third kappa shape index (κ3) is 60.6. The quantitative estimate of drug-likeness (QED) is 0.294. The first-order valence-corrected chi connectivity index (χ1v) is 0. The molecule has 0 aliphatic carbocycles. The molecule has 1 nitrogen and oxygen atoms in total. The van der Waals surface area contributed by atoms with Crippen molar-refractivity contribution in [2.24, 2.45) is 0 Å². The van der Waals surface area contributed by atoms with Crippen LogP contribution in [0.25, 0.3) is 0 Å². The molecule has 0 unspecified atom stereocenters. The van der Waals surface area contributed by atoms with E-state index in [1.807, 2.05) is 0 Å². The molecule has 0 aromatic heterocycles. The normalized spacial score (nSPS) is 0. The van der Waals surface area contributed by atoms with Gasteiger partial charge in [-0.1, -0.05) is 0 Å². The first-order valence-electron chi connectivity index (χ1n) is 0. The Bertz CT molecular complexity index is 7.51. The molecule has 0 spiro atoms. The summed E-state index contributed by atoms with van der Waals surface area (Å²) in [5, 5.41) is 0. The van der Waals surface area contributed by atoms with Crippen LogP contribution in [0.2, 0.25) is 0 Å². The average Bonchev–Trinajstić information content (AvgIpc) is 0. The summed E-state index contributed by atoms with van der Waals surface area (Å²) in [6.07, 6.45) is 0. The molecule has 0 saturated heterocycles. The van der Waals surface area contributed by atoms with Gasteiger partial charge < -0.3 is 14.9 Å². The molecule has 0 atom stereocenters. The van der Waals surface area contributed by atoms with E-state index in [9.17, 15) is 0 Å². The largest absolute Gasteiger partial charge is 2.00 e. The maximum atomic E-state index is 0. The summed E-state index contributed by atoms with van der Waals surface area (Å²) in [4.78, 5) is 0. The van der Waals surface area contributed by atoms with Crippen molar-refractivity contribution in [3.8, 4) is 0 Å². The van der Waals surface area contributed by atoms with Gasteiger partial charge in [-0.2, -0.15) is 0 Å². The Balaban J connectivity index is 0. The van der Waals surface area contributed by atoms with E-state index in [1.54, 1.807) is 0 Å². The molecule has 40 valence electrons. The summed E-state index contributed by atoms with van der Waals surface area (Å²) in [7, 11) is 0. The number of rotatable bonds is 0. The third-order valence-electron chi connectivity index (χ3n) is 0. The summed E-state index contributed by atoms with van der Waals surface area (Å²) in [5.41, 5.74) is 0. The minimum Gasteiger partial charge on any atom is -1.00 e. The minimum atomic E-state index is 0. The number of halogens is 4. The van der Waals surface area contributed by atoms with Gasteiger partial charge in [0, 0.05) is 0 Å². The van der Waals surface area contributed by atoms with Crippen LogP contribution in [0.1, 0.15) is 0 Å². The summed E-state index contributed by atoms with van der Waals surface area (Å²) >= 11 is 0. The fourth-order valence-electron chi connectivity index (χ4n) is 0. The van der Waals surface area contributed by atoms with Gasteiger partial charge in [0.15, 0.2) is 0 Å². The maximum absolute atomic E-state index is 0. The van der Waals surface area contributed by atoms with Gasteiger partial charge in [0.1, 0.15) is 0 Å². The monoisotopic (exact) mass is 234 g/mol. The van der Waals surface area contributed by atoms with Crippen molar-refractivity contribution in [3.63, 3.8) is 0 Å². The zero-order valence-corrected chi connectivity index (χ0v) is 7.22. The van der Waals surface area contributed by atoms with Crippen molar-refractivity contribution >= 4 is 48.9 Å². The Kier molecular flexibility index (Phi) is 3320. The van der Waals surface area contributed by atoms with Gasteiger partial charge in [-0.25, -0.2) is 0 Å². The summed E-state index contributed by atoms with van der Waals surface area (Å²) in [5.74, 6) is 0. The molecule has 0 aromatic rings. The van der Waals surface area contributed by atoms with E-state index in [0.717, 1.165) is 0 Å². The van der Waals surface area contributed by atoms with E-state index < -0.39 is 0 Å². The zero-order valence-electron chi connectivity index (χ0n) is 2.78. The van der Waals surface area contributed by atoms with Crippen LogP contribution in [0, 0.1) is 0 Å². The summed E-state index contributed by atoms with van der Waals surface area (Å²) < 4.78 is 0. The molecule has 0 fully saturated rings. The molecule has 6 heavy (non-hydrogen) atoms. The zero-order chi connectivity index (χ0) is 0. The Labute approximate surface area is 72.3 Å². The van der Waals surface area contributed by atoms with E-state index in [4.69, 9.17) is 0 Å². The smallest absolute Gasteiger partial charge is 1.00 e. The van der Waals surface area contributed by atoms with Gasteiger partial charge in [0.05, 0.1) is 0 Å². The van der Waals surface area contributed by atoms with Crippen molar-refractivity contribution in [2.75, 3.05) is 0 Å². The van der Waals surface area contributed by atoms with Crippen LogP contribution < -0.4 is 9.41 Å². The molecule has 0 saturated carbocycles. The standard InChI is InChI=1S/Ba.4FH.H2O/h;4*1H;1H2/q+2;;;;;/p-2. The topological polar surface area (TPSA) is 31.5 Å². The van der Waals surface area contributed by atoms with Crippen LogP contribution in [-0.4, -0.2) is 54.4 Å².